The second-order valence-electron chi connectivity index (χ2n) is 4.61. The predicted octanol–water partition coefficient (Wildman–Crippen LogP) is 3.58. The van der Waals surface area contributed by atoms with Gasteiger partial charge >= 0.3 is 0 Å². The van der Waals surface area contributed by atoms with Gasteiger partial charge in [-0.1, -0.05) is 6.07 Å². The number of rotatable bonds is 5. The zero-order chi connectivity index (χ0) is 16.3. The topological polar surface area (TPSA) is 64.6 Å². The van der Waals surface area contributed by atoms with Gasteiger partial charge in [0.2, 0.25) is 0 Å². The second kappa shape index (κ2) is 6.58. The number of benzene rings is 2. The van der Waals surface area contributed by atoms with Crippen LogP contribution >= 0.6 is 15.9 Å². The molecule has 0 amide bonds. The fourth-order valence-electron chi connectivity index (χ4n) is 1.93. The summed E-state index contributed by atoms with van der Waals surface area (Å²) in [7, 11) is -0.687. The van der Waals surface area contributed by atoms with Gasteiger partial charge < -0.3 is 9.47 Å². The maximum atomic E-state index is 12.5. The standard InChI is InChI=1S/C15H16BrNO4S/c1-10-4-7-15(12(16)8-10)22(18,19)17-11-5-6-13(20-2)14(9-11)21-3/h4-9,17H,1-3H3. The van der Waals surface area contributed by atoms with Crippen molar-refractivity contribution in [2.75, 3.05) is 18.9 Å². The molecule has 0 fully saturated rings. The first-order valence-corrected chi connectivity index (χ1v) is 8.66. The lowest BCUT2D eigenvalue weighted by atomic mass is 10.2. The molecule has 0 heterocycles. The maximum absolute atomic E-state index is 12.5. The number of hydrogen-bond acceptors (Lipinski definition) is 4. The van der Waals surface area contributed by atoms with Crippen LogP contribution in [0.2, 0.25) is 0 Å². The fourth-order valence-corrected chi connectivity index (χ4v) is 4.18. The zero-order valence-electron chi connectivity index (χ0n) is 12.4. The molecule has 0 spiro atoms. The van der Waals surface area contributed by atoms with E-state index in [0.717, 1.165) is 5.56 Å². The van der Waals surface area contributed by atoms with E-state index in [4.69, 9.17) is 9.47 Å². The quantitative estimate of drug-likeness (QED) is 0.853. The molecule has 5 nitrogen and oxygen atoms in total. The summed E-state index contributed by atoms with van der Waals surface area (Å²) >= 11 is 3.28. The molecule has 22 heavy (non-hydrogen) atoms. The molecular weight excluding hydrogens is 370 g/mol. The molecule has 0 unspecified atom stereocenters. The zero-order valence-corrected chi connectivity index (χ0v) is 14.8. The van der Waals surface area contributed by atoms with Gasteiger partial charge in [0.15, 0.2) is 11.5 Å². The smallest absolute Gasteiger partial charge is 0.263 e. The van der Waals surface area contributed by atoms with Gasteiger partial charge in [0.05, 0.1) is 19.9 Å². The van der Waals surface area contributed by atoms with Crippen LogP contribution < -0.4 is 14.2 Å². The van der Waals surface area contributed by atoms with E-state index in [1.807, 2.05) is 6.92 Å². The summed E-state index contributed by atoms with van der Waals surface area (Å²) in [6.45, 7) is 1.89. The minimum absolute atomic E-state index is 0.174. The van der Waals surface area contributed by atoms with Crippen molar-refractivity contribution < 1.29 is 17.9 Å². The van der Waals surface area contributed by atoms with Crippen molar-refractivity contribution in [1.29, 1.82) is 0 Å². The molecule has 0 bridgehead atoms. The number of sulfonamides is 1. The highest BCUT2D eigenvalue weighted by Gasteiger charge is 2.18. The van der Waals surface area contributed by atoms with E-state index in [1.165, 1.54) is 14.2 Å². The number of halogens is 1. The molecule has 7 heteroatoms. The molecule has 0 aliphatic heterocycles. The van der Waals surface area contributed by atoms with Crippen LogP contribution in [0.4, 0.5) is 5.69 Å². The van der Waals surface area contributed by atoms with Crippen molar-refractivity contribution in [3.63, 3.8) is 0 Å². The number of anilines is 1. The summed E-state index contributed by atoms with van der Waals surface area (Å²) in [5, 5.41) is 0. The number of nitrogens with one attached hydrogen (secondary N) is 1. The summed E-state index contributed by atoms with van der Waals surface area (Å²) in [4.78, 5) is 0.174. The van der Waals surface area contributed by atoms with Crippen molar-refractivity contribution >= 4 is 31.6 Å². The summed E-state index contributed by atoms with van der Waals surface area (Å²) in [6, 6.07) is 9.87. The Morgan fingerprint density at radius 3 is 2.27 bits per heavy atom. The number of methoxy groups -OCH3 is 2. The van der Waals surface area contributed by atoms with Crippen molar-refractivity contribution in [1.82, 2.24) is 0 Å². The van der Waals surface area contributed by atoms with E-state index < -0.39 is 10.0 Å². The van der Waals surface area contributed by atoms with E-state index in [0.29, 0.717) is 21.7 Å². The lowest BCUT2D eigenvalue weighted by Crippen LogP contribution is -2.13. The molecule has 0 aromatic heterocycles. The van der Waals surface area contributed by atoms with Crippen LogP contribution in [0.1, 0.15) is 5.56 Å². The van der Waals surface area contributed by atoms with Gasteiger partial charge in [0.25, 0.3) is 10.0 Å². The molecule has 0 saturated heterocycles. The Morgan fingerprint density at radius 1 is 1.00 bits per heavy atom. The molecule has 0 radical (unpaired) electrons. The van der Waals surface area contributed by atoms with Gasteiger partial charge in [0.1, 0.15) is 4.90 Å². The molecule has 118 valence electrons. The van der Waals surface area contributed by atoms with E-state index in [2.05, 4.69) is 20.7 Å². The van der Waals surface area contributed by atoms with Crippen molar-refractivity contribution in [3.05, 3.63) is 46.4 Å². The number of hydrogen-bond donors (Lipinski definition) is 1. The molecule has 0 aliphatic rings. The Hall–Kier alpha value is -1.73. The van der Waals surface area contributed by atoms with Gasteiger partial charge in [-0.15, -0.1) is 0 Å². The first kappa shape index (κ1) is 16.6. The predicted molar refractivity (Wildman–Crippen MR) is 89.2 cm³/mol. The third-order valence-corrected chi connectivity index (χ3v) is 5.37. The average molecular weight is 386 g/mol. The minimum Gasteiger partial charge on any atom is -0.493 e. The second-order valence-corrected chi connectivity index (χ2v) is 7.11. The molecule has 2 aromatic rings. The Kier molecular flexibility index (Phi) is 4.97. The summed E-state index contributed by atoms with van der Waals surface area (Å²) in [6.07, 6.45) is 0. The molecule has 0 atom stereocenters. The average Bonchev–Trinajstić information content (AvgIpc) is 2.46. The van der Waals surface area contributed by atoms with Crippen LogP contribution in [0, 0.1) is 6.92 Å². The Balaban J connectivity index is 2.36. The van der Waals surface area contributed by atoms with E-state index in [-0.39, 0.29) is 4.90 Å². The molecule has 0 aliphatic carbocycles. The first-order chi connectivity index (χ1) is 10.4. The molecule has 2 rings (SSSR count). The van der Waals surface area contributed by atoms with Gasteiger partial charge in [-0.05, 0) is 52.7 Å². The largest absolute Gasteiger partial charge is 0.493 e. The maximum Gasteiger partial charge on any atom is 0.263 e. The normalized spacial score (nSPS) is 11.1. The summed E-state index contributed by atoms with van der Waals surface area (Å²) < 4.78 is 38.3. The SMILES string of the molecule is COc1ccc(NS(=O)(=O)c2ccc(C)cc2Br)cc1OC. The molecule has 1 N–H and O–H groups in total. The molecule has 2 aromatic carbocycles. The third kappa shape index (κ3) is 3.53. The Bertz CT molecular complexity index is 790. The van der Waals surface area contributed by atoms with E-state index in [9.17, 15) is 8.42 Å². The molecule has 0 saturated carbocycles. The third-order valence-electron chi connectivity index (χ3n) is 3.01. The van der Waals surface area contributed by atoms with Gasteiger partial charge in [-0.2, -0.15) is 0 Å². The summed E-state index contributed by atoms with van der Waals surface area (Å²) in [5.41, 5.74) is 1.36. The van der Waals surface area contributed by atoms with Gasteiger partial charge in [0, 0.05) is 10.5 Å². The van der Waals surface area contributed by atoms with Crippen LogP contribution in [-0.4, -0.2) is 22.6 Å². The first-order valence-electron chi connectivity index (χ1n) is 6.38. The Labute approximate surface area is 138 Å². The van der Waals surface area contributed by atoms with Crippen LogP contribution in [0.5, 0.6) is 11.5 Å². The molecular formula is C15H16BrNO4S. The highest BCUT2D eigenvalue weighted by molar-refractivity contribution is 9.10. The highest BCUT2D eigenvalue weighted by Crippen LogP contribution is 2.31. The number of aryl methyl sites for hydroxylation is 1. The van der Waals surface area contributed by atoms with Gasteiger partial charge in [-0.3, -0.25) is 4.72 Å². The monoisotopic (exact) mass is 385 g/mol. The van der Waals surface area contributed by atoms with E-state index >= 15 is 0 Å². The highest BCUT2D eigenvalue weighted by atomic mass is 79.9. The van der Waals surface area contributed by atoms with Gasteiger partial charge in [-0.25, -0.2) is 8.42 Å². The van der Waals surface area contributed by atoms with Crippen molar-refractivity contribution in [2.45, 2.75) is 11.8 Å². The van der Waals surface area contributed by atoms with Crippen LogP contribution in [0.15, 0.2) is 45.8 Å². The van der Waals surface area contributed by atoms with E-state index in [1.54, 1.807) is 36.4 Å². The van der Waals surface area contributed by atoms with Crippen LogP contribution in [-0.2, 0) is 10.0 Å². The Morgan fingerprint density at radius 2 is 1.68 bits per heavy atom. The lowest BCUT2D eigenvalue weighted by Gasteiger charge is -2.13. The number of ether oxygens (including phenoxy) is 2. The van der Waals surface area contributed by atoms with Crippen LogP contribution in [0.25, 0.3) is 0 Å². The van der Waals surface area contributed by atoms with Crippen LogP contribution in [0.3, 0.4) is 0 Å². The minimum atomic E-state index is -3.70. The summed E-state index contributed by atoms with van der Waals surface area (Å²) in [5.74, 6) is 0.979. The van der Waals surface area contributed by atoms with Crippen molar-refractivity contribution in [3.8, 4) is 11.5 Å². The van der Waals surface area contributed by atoms with Crippen molar-refractivity contribution in [2.24, 2.45) is 0 Å². The lowest BCUT2D eigenvalue weighted by molar-refractivity contribution is 0.355. The fraction of sp³-hybridized carbons (Fsp3) is 0.200.